The molecule has 0 aromatic heterocycles. The van der Waals surface area contributed by atoms with E-state index < -0.39 is 0 Å². The summed E-state index contributed by atoms with van der Waals surface area (Å²) in [7, 11) is 0. The van der Waals surface area contributed by atoms with Gasteiger partial charge in [-0.2, -0.15) is 0 Å². The van der Waals surface area contributed by atoms with Gasteiger partial charge in [0.1, 0.15) is 5.75 Å². The first-order chi connectivity index (χ1) is 7.27. The molecule has 0 N–H and O–H groups in total. The summed E-state index contributed by atoms with van der Waals surface area (Å²) in [5.41, 5.74) is 2.65. The molecule has 0 spiro atoms. The first-order valence-corrected chi connectivity index (χ1v) is 6.00. The van der Waals surface area contributed by atoms with Gasteiger partial charge in [0.25, 0.3) is 0 Å². The summed E-state index contributed by atoms with van der Waals surface area (Å²) in [6, 6.07) is 6.44. The highest BCUT2D eigenvalue weighted by Crippen LogP contribution is 2.19. The average Bonchev–Trinajstić information content (AvgIpc) is 2.26. The van der Waals surface area contributed by atoms with Crippen LogP contribution in [0.2, 0.25) is 0 Å². The van der Waals surface area contributed by atoms with E-state index in [9.17, 15) is 0 Å². The zero-order valence-corrected chi connectivity index (χ0v) is 10.8. The van der Waals surface area contributed by atoms with Gasteiger partial charge in [0.15, 0.2) is 0 Å². The Bertz CT molecular complexity index is 266. The quantitative estimate of drug-likeness (QED) is 0.714. The van der Waals surface area contributed by atoms with Crippen molar-refractivity contribution >= 4 is 0 Å². The van der Waals surface area contributed by atoms with E-state index >= 15 is 0 Å². The molecule has 1 aromatic carbocycles. The van der Waals surface area contributed by atoms with Crippen LogP contribution in [0, 0.1) is 6.92 Å². The van der Waals surface area contributed by atoms with Gasteiger partial charge in [-0.3, -0.25) is 0 Å². The van der Waals surface area contributed by atoms with E-state index in [1.807, 2.05) is 20.8 Å². The van der Waals surface area contributed by atoms with Gasteiger partial charge in [0, 0.05) is 0 Å². The molecule has 0 heterocycles. The van der Waals surface area contributed by atoms with Gasteiger partial charge in [-0.1, -0.05) is 39.3 Å². The molecule has 0 saturated heterocycles. The minimum atomic E-state index is 0.744. The summed E-state index contributed by atoms with van der Waals surface area (Å²) in [6.07, 6.45) is 2.36. The molecular formula is C14H24O. The van der Waals surface area contributed by atoms with Gasteiger partial charge < -0.3 is 4.74 Å². The Morgan fingerprint density at radius 2 is 1.80 bits per heavy atom. The van der Waals surface area contributed by atoms with Gasteiger partial charge >= 0.3 is 0 Å². The number of aryl methyl sites for hydroxylation is 2. The highest BCUT2D eigenvalue weighted by atomic mass is 16.5. The van der Waals surface area contributed by atoms with Crippen LogP contribution in [-0.2, 0) is 6.42 Å². The van der Waals surface area contributed by atoms with E-state index in [4.69, 9.17) is 4.74 Å². The lowest BCUT2D eigenvalue weighted by atomic mass is 10.1. The van der Waals surface area contributed by atoms with Crippen LogP contribution in [0.5, 0.6) is 5.75 Å². The van der Waals surface area contributed by atoms with Gasteiger partial charge in [-0.15, -0.1) is 0 Å². The van der Waals surface area contributed by atoms with Gasteiger partial charge in [0.05, 0.1) is 6.61 Å². The van der Waals surface area contributed by atoms with Crippen LogP contribution >= 0.6 is 0 Å². The molecule has 0 fully saturated rings. The number of rotatable bonds is 4. The van der Waals surface area contributed by atoms with Crippen LogP contribution in [-0.4, -0.2) is 6.61 Å². The second-order valence-corrected chi connectivity index (χ2v) is 3.28. The Morgan fingerprint density at radius 3 is 2.27 bits per heavy atom. The second kappa shape index (κ2) is 8.34. The van der Waals surface area contributed by atoms with Gasteiger partial charge in [-0.05, 0) is 37.5 Å². The molecule has 0 atom stereocenters. The van der Waals surface area contributed by atoms with Crippen LogP contribution in [0.15, 0.2) is 18.2 Å². The highest BCUT2D eigenvalue weighted by Gasteiger charge is 1.99. The van der Waals surface area contributed by atoms with E-state index in [-0.39, 0.29) is 0 Å². The third-order valence-corrected chi connectivity index (χ3v) is 2.08. The zero-order chi connectivity index (χ0) is 11.7. The third-order valence-electron chi connectivity index (χ3n) is 2.08. The van der Waals surface area contributed by atoms with Crippen LogP contribution in [0.1, 0.15) is 45.2 Å². The molecule has 0 amide bonds. The molecule has 0 aliphatic carbocycles. The maximum atomic E-state index is 5.47. The molecule has 0 aliphatic rings. The zero-order valence-electron chi connectivity index (χ0n) is 10.8. The summed E-state index contributed by atoms with van der Waals surface area (Å²) in [6.45, 7) is 11.1. The normalized spacial score (nSPS) is 9.13. The summed E-state index contributed by atoms with van der Waals surface area (Å²) in [5, 5.41) is 0. The van der Waals surface area contributed by atoms with Crippen LogP contribution in [0.3, 0.4) is 0 Å². The van der Waals surface area contributed by atoms with Crippen LogP contribution < -0.4 is 4.74 Å². The fraction of sp³-hybridized carbons (Fsp3) is 0.571. The van der Waals surface area contributed by atoms with E-state index in [0.717, 1.165) is 18.8 Å². The fourth-order valence-corrected chi connectivity index (χ4v) is 1.47. The third kappa shape index (κ3) is 4.87. The minimum absolute atomic E-state index is 0.744. The van der Waals surface area contributed by atoms with Gasteiger partial charge in [-0.25, -0.2) is 0 Å². The smallest absolute Gasteiger partial charge is 0.122 e. The molecule has 1 heteroatoms. The van der Waals surface area contributed by atoms with Crippen LogP contribution in [0.25, 0.3) is 0 Å². The van der Waals surface area contributed by atoms with E-state index in [2.05, 4.69) is 32.0 Å². The summed E-state index contributed by atoms with van der Waals surface area (Å²) >= 11 is 0. The molecule has 0 bridgehead atoms. The lowest BCUT2D eigenvalue weighted by Crippen LogP contribution is -1.94. The van der Waals surface area contributed by atoms with Crippen molar-refractivity contribution in [3.8, 4) is 5.75 Å². The Labute approximate surface area is 94.5 Å². The predicted molar refractivity (Wildman–Crippen MR) is 67.7 cm³/mol. The number of hydrogen-bond donors (Lipinski definition) is 0. The summed E-state index contributed by atoms with van der Waals surface area (Å²) < 4.78 is 5.47. The van der Waals surface area contributed by atoms with E-state index in [0.29, 0.717) is 0 Å². The van der Waals surface area contributed by atoms with Crippen molar-refractivity contribution in [2.24, 2.45) is 0 Å². The lowest BCUT2D eigenvalue weighted by Gasteiger charge is -2.08. The molecule has 1 nitrogen and oxygen atoms in total. The van der Waals surface area contributed by atoms with Crippen molar-refractivity contribution in [2.75, 3.05) is 6.61 Å². The predicted octanol–water partition coefficient (Wildman–Crippen LogP) is 4.37. The first-order valence-electron chi connectivity index (χ1n) is 6.00. The first kappa shape index (κ1) is 14.0. The number of hydrogen-bond acceptors (Lipinski definition) is 1. The molecule has 0 saturated carbocycles. The Kier molecular flexibility index (Phi) is 7.79. The molecule has 0 unspecified atom stereocenters. The largest absolute Gasteiger partial charge is 0.494 e. The minimum Gasteiger partial charge on any atom is -0.494 e. The van der Waals surface area contributed by atoms with E-state index in [1.165, 1.54) is 17.5 Å². The number of benzene rings is 1. The van der Waals surface area contributed by atoms with Crippen LogP contribution in [0.4, 0.5) is 0 Å². The summed E-state index contributed by atoms with van der Waals surface area (Å²) in [4.78, 5) is 0. The van der Waals surface area contributed by atoms with Crippen molar-refractivity contribution in [2.45, 2.75) is 47.5 Å². The average molecular weight is 208 g/mol. The SMILES string of the molecule is CC.CCCc1ccc(OCC)c(C)c1. The monoisotopic (exact) mass is 208 g/mol. The maximum Gasteiger partial charge on any atom is 0.122 e. The lowest BCUT2D eigenvalue weighted by molar-refractivity contribution is 0.338. The van der Waals surface area contributed by atoms with Crippen molar-refractivity contribution in [1.82, 2.24) is 0 Å². The van der Waals surface area contributed by atoms with Crippen molar-refractivity contribution in [1.29, 1.82) is 0 Å². The van der Waals surface area contributed by atoms with Crippen molar-refractivity contribution in [3.63, 3.8) is 0 Å². The molecule has 0 radical (unpaired) electrons. The van der Waals surface area contributed by atoms with Crippen molar-refractivity contribution in [3.05, 3.63) is 29.3 Å². The summed E-state index contributed by atoms with van der Waals surface area (Å²) in [5.74, 6) is 1.02. The molecule has 0 aliphatic heterocycles. The maximum absolute atomic E-state index is 5.47. The topological polar surface area (TPSA) is 9.23 Å². The van der Waals surface area contributed by atoms with Crippen molar-refractivity contribution < 1.29 is 4.74 Å². The standard InChI is InChI=1S/C12H18O.C2H6/c1-4-6-11-7-8-12(13-5-2)10(3)9-11;1-2/h7-9H,4-6H2,1-3H3;1-2H3. The molecule has 1 aromatic rings. The molecular weight excluding hydrogens is 184 g/mol. The fourth-order valence-electron chi connectivity index (χ4n) is 1.47. The second-order valence-electron chi connectivity index (χ2n) is 3.28. The Morgan fingerprint density at radius 1 is 1.13 bits per heavy atom. The highest BCUT2D eigenvalue weighted by molar-refractivity contribution is 5.36. The van der Waals surface area contributed by atoms with E-state index in [1.54, 1.807) is 0 Å². The Balaban J connectivity index is 0.000000921. The molecule has 15 heavy (non-hydrogen) atoms. The Hall–Kier alpha value is -0.980. The molecule has 86 valence electrons. The van der Waals surface area contributed by atoms with Gasteiger partial charge in [0.2, 0.25) is 0 Å². The number of ether oxygens (including phenoxy) is 1. The molecule has 1 rings (SSSR count).